The first-order valence-electron chi connectivity index (χ1n) is 5.94. The zero-order chi connectivity index (χ0) is 12.6. The molecule has 3 heteroatoms. The highest BCUT2D eigenvalue weighted by molar-refractivity contribution is 9.11. The van der Waals surface area contributed by atoms with Crippen LogP contribution in [0, 0.1) is 5.41 Å². The normalized spacial score (nSPS) is 22.8. The lowest BCUT2D eigenvalue weighted by Crippen LogP contribution is -2.11. The van der Waals surface area contributed by atoms with Crippen molar-refractivity contribution < 1.29 is 4.74 Å². The lowest BCUT2D eigenvalue weighted by atomic mass is 9.84. The van der Waals surface area contributed by atoms with E-state index in [0.29, 0.717) is 10.2 Å². The first kappa shape index (κ1) is 13.4. The molecule has 1 aromatic rings. The topological polar surface area (TPSA) is 9.23 Å². The zero-order valence-corrected chi connectivity index (χ0v) is 13.7. The van der Waals surface area contributed by atoms with Crippen molar-refractivity contribution in [1.82, 2.24) is 0 Å². The highest BCUT2D eigenvalue weighted by Crippen LogP contribution is 2.48. The van der Waals surface area contributed by atoms with Gasteiger partial charge in [0.15, 0.2) is 0 Å². The van der Waals surface area contributed by atoms with E-state index < -0.39 is 0 Å². The maximum absolute atomic E-state index is 5.50. The molecule has 0 fully saturated rings. The van der Waals surface area contributed by atoms with Crippen LogP contribution < -0.4 is 4.74 Å². The third-order valence-corrected chi connectivity index (χ3v) is 5.05. The molecule has 0 aromatic heterocycles. The standard InChI is InChI=1S/C14H18Br2O/c1-14(2)7-6-9-12(17-3)5-4-10(15)13(9)11(16)8-14/h4-5,11H,6-8H2,1-3H3. The predicted molar refractivity (Wildman–Crippen MR) is 79.1 cm³/mol. The highest BCUT2D eigenvalue weighted by atomic mass is 79.9. The van der Waals surface area contributed by atoms with Crippen molar-refractivity contribution >= 4 is 31.9 Å². The van der Waals surface area contributed by atoms with Crippen molar-refractivity contribution in [3.63, 3.8) is 0 Å². The van der Waals surface area contributed by atoms with Crippen molar-refractivity contribution in [2.24, 2.45) is 5.41 Å². The van der Waals surface area contributed by atoms with Gasteiger partial charge >= 0.3 is 0 Å². The Kier molecular flexibility index (Phi) is 3.89. The van der Waals surface area contributed by atoms with Crippen molar-refractivity contribution in [2.45, 2.75) is 37.9 Å². The van der Waals surface area contributed by atoms with Crippen LogP contribution in [-0.4, -0.2) is 7.11 Å². The summed E-state index contributed by atoms with van der Waals surface area (Å²) in [6.45, 7) is 4.68. The second kappa shape index (κ2) is 4.93. The molecule has 0 saturated carbocycles. The molecule has 1 unspecified atom stereocenters. The molecule has 0 amide bonds. The van der Waals surface area contributed by atoms with E-state index in [-0.39, 0.29) is 0 Å². The van der Waals surface area contributed by atoms with Gasteiger partial charge in [-0.2, -0.15) is 0 Å². The van der Waals surface area contributed by atoms with Crippen LogP contribution in [0.5, 0.6) is 5.75 Å². The Hall–Kier alpha value is -0.0200. The van der Waals surface area contributed by atoms with E-state index in [1.165, 1.54) is 22.0 Å². The summed E-state index contributed by atoms with van der Waals surface area (Å²) >= 11 is 7.51. The Labute approximate surface area is 120 Å². The van der Waals surface area contributed by atoms with Crippen LogP contribution in [0.4, 0.5) is 0 Å². The van der Waals surface area contributed by atoms with Crippen molar-refractivity contribution in [3.05, 3.63) is 27.7 Å². The number of alkyl halides is 1. The van der Waals surface area contributed by atoms with Gasteiger partial charge in [0.05, 0.1) is 7.11 Å². The molecule has 0 N–H and O–H groups in total. The maximum Gasteiger partial charge on any atom is 0.122 e. The van der Waals surface area contributed by atoms with E-state index in [1.54, 1.807) is 7.11 Å². The minimum Gasteiger partial charge on any atom is -0.496 e. The number of methoxy groups -OCH3 is 1. The third kappa shape index (κ3) is 2.70. The smallest absolute Gasteiger partial charge is 0.122 e. The second-order valence-corrected chi connectivity index (χ2v) is 7.44. The number of fused-ring (bicyclic) bond motifs is 1. The number of benzene rings is 1. The number of hydrogen-bond acceptors (Lipinski definition) is 1. The molecule has 1 aliphatic carbocycles. The van der Waals surface area contributed by atoms with Crippen molar-refractivity contribution in [3.8, 4) is 5.75 Å². The molecular formula is C14H18Br2O. The average Bonchev–Trinajstić information content (AvgIpc) is 2.36. The SMILES string of the molecule is COc1ccc(Br)c2c1CCC(C)(C)CC2Br. The van der Waals surface area contributed by atoms with Crippen LogP contribution >= 0.6 is 31.9 Å². The van der Waals surface area contributed by atoms with Gasteiger partial charge < -0.3 is 4.74 Å². The van der Waals surface area contributed by atoms with E-state index in [9.17, 15) is 0 Å². The van der Waals surface area contributed by atoms with Gasteiger partial charge in [0, 0.05) is 9.30 Å². The van der Waals surface area contributed by atoms with Crippen LogP contribution in [0.3, 0.4) is 0 Å². The largest absolute Gasteiger partial charge is 0.496 e. The van der Waals surface area contributed by atoms with Gasteiger partial charge in [-0.3, -0.25) is 0 Å². The van der Waals surface area contributed by atoms with Gasteiger partial charge in [0.1, 0.15) is 5.75 Å². The lowest BCUT2D eigenvalue weighted by Gasteiger charge is -2.24. The summed E-state index contributed by atoms with van der Waals surface area (Å²) in [6.07, 6.45) is 3.45. The predicted octanol–water partition coefficient (Wildman–Crippen LogP) is 5.26. The van der Waals surface area contributed by atoms with E-state index in [4.69, 9.17) is 4.74 Å². The molecule has 1 nitrogen and oxygen atoms in total. The van der Waals surface area contributed by atoms with Gasteiger partial charge in [0.25, 0.3) is 0 Å². The molecule has 17 heavy (non-hydrogen) atoms. The Morgan fingerprint density at radius 3 is 2.71 bits per heavy atom. The average molecular weight is 362 g/mol. The summed E-state index contributed by atoms with van der Waals surface area (Å²) in [5.74, 6) is 1.02. The molecule has 0 spiro atoms. The number of ether oxygens (including phenoxy) is 1. The fraction of sp³-hybridized carbons (Fsp3) is 0.571. The van der Waals surface area contributed by atoms with Gasteiger partial charge in [-0.15, -0.1) is 0 Å². The van der Waals surface area contributed by atoms with Crippen molar-refractivity contribution in [2.75, 3.05) is 7.11 Å². The molecule has 1 atom stereocenters. The van der Waals surface area contributed by atoms with E-state index in [2.05, 4.69) is 57.8 Å². The second-order valence-electron chi connectivity index (χ2n) is 5.48. The van der Waals surface area contributed by atoms with Gasteiger partial charge in [-0.05, 0) is 47.9 Å². The summed E-state index contributed by atoms with van der Waals surface area (Å²) in [5, 5.41) is 0. The fourth-order valence-corrected chi connectivity index (χ4v) is 4.91. The molecule has 1 aromatic carbocycles. The van der Waals surface area contributed by atoms with Gasteiger partial charge in [-0.25, -0.2) is 0 Å². The Morgan fingerprint density at radius 1 is 1.35 bits per heavy atom. The monoisotopic (exact) mass is 360 g/mol. The first-order chi connectivity index (χ1) is 7.94. The van der Waals surface area contributed by atoms with E-state index >= 15 is 0 Å². The van der Waals surface area contributed by atoms with Gasteiger partial charge in [-0.1, -0.05) is 45.7 Å². The van der Waals surface area contributed by atoms with Crippen LogP contribution in [0.15, 0.2) is 16.6 Å². The van der Waals surface area contributed by atoms with Crippen LogP contribution in [0.1, 0.15) is 42.6 Å². The number of hydrogen-bond donors (Lipinski definition) is 0. The third-order valence-electron chi connectivity index (χ3n) is 3.58. The van der Waals surface area contributed by atoms with Crippen LogP contribution in [-0.2, 0) is 6.42 Å². The summed E-state index contributed by atoms with van der Waals surface area (Å²) < 4.78 is 6.69. The van der Waals surface area contributed by atoms with E-state index in [1.807, 2.05) is 0 Å². The van der Waals surface area contributed by atoms with Crippen molar-refractivity contribution in [1.29, 1.82) is 0 Å². The lowest BCUT2D eigenvalue weighted by molar-refractivity contribution is 0.315. The molecule has 0 radical (unpaired) electrons. The Bertz CT molecular complexity index is 426. The molecule has 1 aliphatic rings. The number of rotatable bonds is 1. The summed E-state index contributed by atoms with van der Waals surface area (Å²) in [5.41, 5.74) is 3.10. The molecule has 0 saturated heterocycles. The molecule has 0 heterocycles. The zero-order valence-electron chi connectivity index (χ0n) is 10.5. The Morgan fingerprint density at radius 2 is 2.06 bits per heavy atom. The van der Waals surface area contributed by atoms with Crippen LogP contribution in [0.25, 0.3) is 0 Å². The molecular weight excluding hydrogens is 344 g/mol. The fourth-order valence-electron chi connectivity index (χ4n) is 2.56. The number of halogens is 2. The summed E-state index contributed by atoms with van der Waals surface area (Å²) in [6, 6.07) is 4.14. The maximum atomic E-state index is 5.50. The van der Waals surface area contributed by atoms with Crippen LogP contribution in [0.2, 0.25) is 0 Å². The quantitative estimate of drug-likeness (QED) is 0.490. The molecule has 0 bridgehead atoms. The minimum absolute atomic E-state index is 0.373. The highest BCUT2D eigenvalue weighted by Gasteiger charge is 2.30. The van der Waals surface area contributed by atoms with E-state index in [0.717, 1.165) is 18.6 Å². The van der Waals surface area contributed by atoms with Gasteiger partial charge in [0.2, 0.25) is 0 Å². The molecule has 0 aliphatic heterocycles. The first-order valence-corrected chi connectivity index (χ1v) is 7.65. The Balaban J connectivity index is 2.53. The summed E-state index contributed by atoms with van der Waals surface area (Å²) in [7, 11) is 1.75. The minimum atomic E-state index is 0.373. The summed E-state index contributed by atoms with van der Waals surface area (Å²) in [4.78, 5) is 0.402. The molecule has 2 rings (SSSR count). The molecule has 94 valence electrons.